The molecule has 0 spiro atoms. The molecule has 18 heavy (non-hydrogen) atoms. The maximum atomic E-state index is 6.19. The molecule has 2 atom stereocenters. The van der Waals surface area contributed by atoms with E-state index < -0.39 is 0 Å². The molecular weight excluding hydrogens is 224 g/mol. The van der Waals surface area contributed by atoms with E-state index in [9.17, 15) is 0 Å². The molecule has 0 aromatic rings. The van der Waals surface area contributed by atoms with Crippen molar-refractivity contribution < 1.29 is 4.74 Å². The molecule has 2 unspecified atom stereocenters. The highest BCUT2D eigenvalue weighted by Gasteiger charge is 2.25. The van der Waals surface area contributed by atoms with Crippen LogP contribution < -0.4 is 5.32 Å². The molecule has 3 heteroatoms. The average molecular weight is 254 g/mol. The van der Waals surface area contributed by atoms with Crippen molar-refractivity contribution in [2.45, 2.75) is 64.1 Å². The number of ether oxygens (including phenoxy) is 1. The summed E-state index contributed by atoms with van der Waals surface area (Å²) in [5.41, 5.74) is 0. The van der Waals surface area contributed by atoms with Crippen molar-refractivity contribution in [1.82, 2.24) is 10.2 Å². The lowest BCUT2D eigenvalue weighted by molar-refractivity contribution is -0.0164. The first-order chi connectivity index (χ1) is 8.66. The molecule has 106 valence electrons. The lowest BCUT2D eigenvalue weighted by Gasteiger charge is -2.34. The minimum Gasteiger partial charge on any atom is -0.375 e. The Balaban J connectivity index is 1.69. The summed E-state index contributed by atoms with van der Waals surface area (Å²) in [5, 5.41) is 3.60. The normalized spacial score (nSPS) is 27.7. The summed E-state index contributed by atoms with van der Waals surface area (Å²) in [4.78, 5) is 2.47. The number of piperidine rings is 1. The van der Waals surface area contributed by atoms with Gasteiger partial charge in [-0.15, -0.1) is 0 Å². The van der Waals surface area contributed by atoms with Gasteiger partial charge in [-0.2, -0.15) is 0 Å². The molecule has 1 saturated carbocycles. The van der Waals surface area contributed by atoms with Crippen molar-refractivity contribution in [3.63, 3.8) is 0 Å². The van der Waals surface area contributed by atoms with E-state index in [1.165, 1.54) is 38.6 Å². The van der Waals surface area contributed by atoms with Gasteiger partial charge in [0.25, 0.3) is 0 Å². The fourth-order valence-electron chi connectivity index (χ4n) is 2.65. The van der Waals surface area contributed by atoms with E-state index in [2.05, 4.69) is 31.1 Å². The van der Waals surface area contributed by atoms with Crippen LogP contribution in [0.15, 0.2) is 0 Å². The molecule has 1 heterocycles. The number of likely N-dealkylation sites (tertiary alicyclic amines) is 1. The molecule has 3 nitrogen and oxygen atoms in total. The van der Waals surface area contributed by atoms with Gasteiger partial charge in [0.15, 0.2) is 0 Å². The third-order valence-corrected chi connectivity index (χ3v) is 4.35. The summed E-state index contributed by atoms with van der Waals surface area (Å²) in [5.74, 6) is 0.602. The monoisotopic (exact) mass is 254 g/mol. The minimum absolute atomic E-state index is 0.376. The Kier molecular flexibility index (Phi) is 5.46. The van der Waals surface area contributed by atoms with Crippen LogP contribution in [0.4, 0.5) is 0 Å². The van der Waals surface area contributed by atoms with Gasteiger partial charge in [0, 0.05) is 18.6 Å². The molecule has 2 rings (SSSR count). The number of hydrogen-bond donors (Lipinski definition) is 1. The van der Waals surface area contributed by atoms with E-state index in [0.29, 0.717) is 18.1 Å². The lowest BCUT2D eigenvalue weighted by Crippen LogP contribution is -2.42. The summed E-state index contributed by atoms with van der Waals surface area (Å²) in [7, 11) is 2.24. The predicted molar refractivity (Wildman–Crippen MR) is 75.9 cm³/mol. The van der Waals surface area contributed by atoms with Crippen molar-refractivity contribution in [3.8, 4) is 0 Å². The van der Waals surface area contributed by atoms with Crippen molar-refractivity contribution in [2.24, 2.45) is 5.92 Å². The van der Waals surface area contributed by atoms with Gasteiger partial charge in [-0.3, -0.25) is 0 Å². The number of likely N-dealkylation sites (N-methyl/N-ethyl adjacent to an activating group) is 1. The van der Waals surface area contributed by atoms with Crippen LogP contribution >= 0.6 is 0 Å². The fourth-order valence-corrected chi connectivity index (χ4v) is 2.65. The molecule has 1 N–H and O–H groups in total. The second kappa shape index (κ2) is 6.88. The summed E-state index contributed by atoms with van der Waals surface area (Å²) in [6, 6.07) is 1.42. The summed E-state index contributed by atoms with van der Waals surface area (Å²) in [6.45, 7) is 7.71. The molecule has 2 fully saturated rings. The molecule has 1 aliphatic carbocycles. The van der Waals surface area contributed by atoms with Gasteiger partial charge in [-0.05, 0) is 45.2 Å². The summed E-state index contributed by atoms with van der Waals surface area (Å²) >= 11 is 0. The number of nitrogens with zero attached hydrogens (tertiary/aromatic N) is 1. The van der Waals surface area contributed by atoms with E-state index in [0.717, 1.165) is 19.2 Å². The molecule has 1 saturated heterocycles. The van der Waals surface area contributed by atoms with Crippen molar-refractivity contribution in [3.05, 3.63) is 0 Å². The van der Waals surface area contributed by atoms with Crippen LogP contribution in [0.25, 0.3) is 0 Å². The first-order valence-electron chi connectivity index (χ1n) is 7.72. The number of hydrogen-bond acceptors (Lipinski definition) is 3. The molecule has 0 radical (unpaired) electrons. The molecule has 2 aliphatic rings. The van der Waals surface area contributed by atoms with Gasteiger partial charge >= 0.3 is 0 Å². The Morgan fingerprint density at radius 3 is 2.61 bits per heavy atom. The van der Waals surface area contributed by atoms with Crippen LogP contribution in [-0.4, -0.2) is 49.8 Å². The number of rotatable bonds is 7. The zero-order valence-electron chi connectivity index (χ0n) is 12.3. The average Bonchev–Trinajstić information content (AvgIpc) is 3.14. The summed E-state index contributed by atoms with van der Waals surface area (Å²) in [6.07, 6.45) is 7.11. The third-order valence-electron chi connectivity index (χ3n) is 4.35. The van der Waals surface area contributed by atoms with Crippen LogP contribution in [0.5, 0.6) is 0 Å². The maximum absolute atomic E-state index is 6.19. The quantitative estimate of drug-likeness (QED) is 0.754. The molecule has 1 aliphatic heterocycles. The minimum atomic E-state index is 0.376. The molecule has 0 aromatic carbocycles. The molecule has 0 aromatic heterocycles. The first-order valence-corrected chi connectivity index (χ1v) is 7.72. The van der Waals surface area contributed by atoms with E-state index in [4.69, 9.17) is 4.74 Å². The Labute approximate surface area is 112 Å². The number of nitrogens with one attached hydrogen (secondary N) is 1. The summed E-state index contributed by atoms with van der Waals surface area (Å²) < 4.78 is 6.19. The largest absolute Gasteiger partial charge is 0.375 e. The Morgan fingerprint density at radius 1 is 1.22 bits per heavy atom. The molecular formula is C15H30N2O. The van der Waals surface area contributed by atoms with Crippen LogP contribution in [0.2, 0.25) is 0 Å². The second-order valence-corrected chi connectivity index (χ2v) is 6.43. The zero-order valence-corrected chi connectivity index (χ0v) is 12.3. The molecule has 0 bridgehead atoms. The highest BCUT2D eigenvalue weighted by atomic mass is 16.5. The van der Waals surface area contributed by atoms with Crippen molar-refractivity contribution in [2.75, 3.05) is 26.7 Å². The van der Waals surface area contributed by atoms with E-state index in [1.54, 1.807) is 0 Å². The third kappa shape index (κ3) is 4.52. The van der Waals surface area contributed by atoms with E-state index >= 15 is 0 Å². The van der Waals surface area contributed by atoms with E-state index in [1.807, 2.05) is 0 Å². The van der Waals surface area contributed by atoms with Crippen LogP contribution in [0, 0.1) is 5.92 Å². The molecule has 0 amide bonds. The maximum Gasteiger partial charge on any atom is 0.0723 e. The van der Waals surface area contributed by atoms with Crippen LogP contribution in [0.3, 0.4) is 0 Å². The second-order valence-electron chi connectivity index (χ2n) is 6.43. The standard InChI is InChI=1S/C15H30N2O/c1-12(2)15(10-16-13-7-8-13)18-11-14-6-4-5-9-17(14)3/h12-16H,4-11H2,1-3H3. The lowest BCUT2D eigenvalue weighted by atomic mass is 10.0. The van der Waals surface area contributed by atoms with Gasteiger partial charge < -0.3 is 15.0 Å². The SMILES string of the molecule is CC(C)C(CNC1CC1)OCC1CCCCN1C. The van der Waals surface area contributed by atoms with Gasteiger partial charge in [-0.1, -0.05) is 20.3 Å². The zero-order chi connectivity index (χ0) is 13.0. The fraction of sp³-hybridized carbons (Fsp3) is 1.00. The van der Waals surface area contributed by atoms with Crippen molar-refractivity contribution >= 4 is 0 Å². The van der Waals surface area contributed by atoms with Gasteiger partial charge in [0.05, 0.1) is 12.7 Å². The van der Waals surface area contributed by atoms with Crippen LogP contribution in [0.1, 0.15) is 46.0 Å². The Hall–Kier alpha value is -0.120. The Bertz CT molecular complexity index is 241. The first kappa shape index (κ1) is 14.3. The van der Waals surface area contributed by atoms with Gasteiger partial charge in [0.2, 0.25) is 0 Å². The van der Waals surface area contributed by atoms with Crippen molar-refractivity contribution in [1.29, 1.82) is 0 Å². The van der Waals surface area contributed by atoms with Gasteiger partial charge in [0.1, 0.15) is 0 Å². The Morgan fingerprint density at radius 2 is 2.00 bits per heavy atom. The highest BCUT2D eigenvalue weighted by molar-refractivity contribution is 4.83. The predicted octanol–water partition coefficient (Wildman–Crippen LogP) is 2.26. The smallest absolute Gasteiger partial charge is 0.0723 e. The van der Waals surface area contributed by atoms with Crippen LogP contribution in [-0.2, 0) is 4.74 Å². The van der Waals surface area contributed by atoms with E-state index in [-0.39, 0.29) is 0 Å². The van der Waals surface area contributed by atoms with Gasteiger partial charge in [-0.25, -0.2) is 0 Å². The topological polar surface area (TPSA) is 24.5 Å². The highest BCUT2D eigenvalue weighted by Crippen LogP contribution is 2.20.